The lowest BCUT2D eigenvalue weighted by Crippen LogP contribution is -2.36. The van der Waals surface area contributed by atoms with Crippen molar-refractivity contribution in [3.63, 3.8) is 0 Å². The number of nitrogens with one attached hydrogen (secondary N) is 1. The molecule has 0 aliphatic rings. The van der Waals surface area contributed by atoms with E-state index in [9.17, 15) is 13.2 Å². The van der Waals surface area contributed by atoms with E-state index < -0.39 is 16.1 Å². The molecule has 3 N–H and O–H groups in total. The maximum absolute atomic E-state index is 12.5. The van der Waals surface area contributed by atoms with Crippen molar-refractivity contribution in [1.82, 2.24) is 4.31 Å². The summed E-state index contributed by atoms with van der Waals surface area (Å²) in [5.41, 5.74) is 6.22. The maximum atomic E-state index is 12.5. The predicted octanol–water partition coefficient (Wildman–Crippen LogP) is 2.07. The molecule has 0 saturated heterocycles. The summed E-state index contributed by atoms with van der Waals surface area (Å²) in [6, 6.07) is 3.87. The van der Waals surface area contributed by atoms with Gasteiger partial charge in [0.25, 0.3) is 0 Å². The van der Waals surface area contributed by atoms with E-state index in [1.54, 1.807) is 13.0 Å². The molecule has 25 heavy (non-hydrogen) atoms. The van der Waals surface area contributed by atoms with Gasteiger partial charge < -0.3 is 15.8 Å². The molecule has 1 aromatic rings. The molecular formula is C16H28ClN3O4S. The first-order valence-corrected chi connectivity index (χ1v) is 9.29. The first kappa shape index (κ1) is 23.6. The van der Waals surface area contributed by atoms with Crippen molar-refractivity contribution in [2.45, 2.75) is 38.1 Å². The molecule has 1 atom stereocenters. The summed E-state index contributed by atoms with van der Waals surface area (Å²) >= 11 is 0. The number of hydrogen-bond acceptors (Lipinski definition) is 5. The van der Waals surface area contributed by atoms with Gasteiger partial charge >= 0.3 is 0 Å². The number of benzene rings is 1. The molecule has 0 aliphatic carbocycles. The van der Waals surface area contributed by atoms with Gasteiger partial charge in [-0.2, -0.15) is 0 Å². The maximum Gasteiger partial charge on any atom is 0.246 e. The second-order valence-corrected chi connectivity index (χ2v) is 8.23. The number of nitrogens with zero attached hydrogens (tertiary/aromatic N) is 1. The van der Waals surface area contributed by atoms with Crippen molar-refractivity contribution in [3.05, 3.63) is 18.2 Å². The Hall–Kier alpha value is -1.35. The lowest BCUT2D eigenvalue weighted by Gasteiger charge is -2.18. The normalized spacial score (nSPS) is 12.6. The molecule has 0 unspecified atom stereocenters. The number of rotatable bonds is 8. The van der Waals surface area contributed by atoms with Gasteiger partial charge in [-0.1, -0.05) is 13.8 Å². The van der Waals surface area contributed by atoms with Crippen LogP contribution >= 0.6 is 12.4 Å². The first-order chi connectivity index (χ1) is 11.1. The molecule has 0 aromatic heterocycles. The zero-order chi connectivity index (χ0) is 18.5. The molecule has 9 heteroatoms. The molecule has 0 saturated carbocycles. The fraction of sp³-hybridized carbons (Fsp3) is 0.562. The van der Waals surface area contributed by atoms with Crippen LogP contribution in [0.3, 0.4) is 0 Å². The Kier molecular flexibility index (Phi) is 9.42. The minimum Gasteiger partial charge on any atom is -0.492 e. The van der Waals surface area contributed by atoms with Gasteiger partial charge in [0.15, 0.2) is 0 Å². The first-order valence-electron chi connectivity index (χ1n) is 7.85. The minimum atomic E-state index is -3.70. The average molecular weight is 394 g/mol. The number of carbonyl (C=O) groups excluding carboxylic acids is 1. The lowest BCUT2D eigenvalue weighted by molar-refractivity contribution is -0.117. The Morgan fingerprint density at radius 1 is 1.32 bits per heavy atom. The molecule has 0 radical (unpaired) electrons. The standard InChI is InChI=1S/C16H27N3O4S.ClH/c1-6-23-14-8-7-12(10-15(14)24(21,22)19(4)5)18-16(20)13(17)9-11(2)3;/h7-8,10-11,13H,6,9,17H2,1-5H3,(H,18,20);1H/t13-;/m0./s1. The van der Waals surface area contributed by atoms with Gasteiger partial charge in [0, 0.05) is 19.8 Å². The monoisotopic (exact) mass is 393 g/mol. The second kappa shape index (κ2) is 9.96. The van der Waals surface area contributed by atoms with E-state index in [1.807, 2.05) is 13.8 Å². The SMILES string of the molecule is CCOc1ccc(NC(=O)[C@@H](N)CC(C)C)cc1S(=O)(=O)N(C)C.Cl. The van der Waals surface area contributed by atoms with E-state index in [1.165, 1.54) is 26.2 Å². The van der Waals surface area contributed by atoms with Gasteiger partial charge in [-0.05, 0) is 37.5 Å². The Bertz CT molecular complexity index is 678. The Labute approximate surface area is 156 Å². The quantitative estimate of drug-likeness (QED) is 0.703. The van der Waals surface area contributed by atoms with Crippen LogP contribution in [0.1, 0.15) is 27.2 Å². The summed E-state index contributed by atoms with van der Waals surface area (Å²) in [6.07, 6.45) is 0.547. The van der Waals surface area contributed by atoms with Crippen molar-refractivity contribution in [3.8, 4) is 5.75 Å². The average Bonchev–Trinajstić information content (AvgIpc) is 2.47. The summed E-state index contributed by atoms with van der Waals surface area (Å²) in [7, 11) is -0.823. The van der Waals surface area contributed by atoms with Gasteiger partial charge in [0.2, 0.25) is 15.9 Å². The number of hydrogen-bond donors (Lipinski definition) is 2. The van der Waals surface area contributed by atoms with Crippen LogP contribution in [0.2, 0.25) is 0 Å². The zero-order valence-corrected chi connectivity index (χ0v) is 16.9. The molecule has 7 nitrogen and oxygen atoms in total. The van der Waals surface area contributed by atoms with Crippen LogP contribution in [0.5, 0.6) is 5.75 Å². The summed E-state index contributed by atoms with van der Waals surface area (Å²) in [5.74, 6) is 0.187. The van der Waals surface area contributed by atoms with E-state index in [0.29, 0.717) is 18.7 Å². The van der Waals surface area contributed by atoms with Crippen LogP contribution in [-0.4, -0.2) is 45.4 Å². The van der Waals surface area contributed by atoms with Crippen LogP contribution in [0.15, 0.2) is 23.1 Å². The summed E-state index contributed by atoms with van der Waals surface area (Å²) in [6.45, 7) is 6.06. The predicted molar refractivity (Wildman–Crippen MR) is 102 cm³/mol. The van der Waals surface area contributed by atoms with Crippen molar-refractivity contribution < 1.29 is 17.9 Å². The molecule has 1 aromatic carbocycles. The molecule has 0 bridgehead atoms. The molecule has 0 fully saturated rings. The number of sulfonamides is 1. The number of amides is 1. The van der Waals surface area contributed by atoms with Crippen LogP contribution in [0, 0.1) is 5.92 Å². The van der Waals surface area contributed by atoms with Crippen LogP contribution < -0.4 is 15.8 Å². The van der Waals surface area contributed by atoms with Crippen molar-refractivity contribution in [2.24, 2.45) is 11.7 Å². The molecule has 1 rings (SSSR count). The fourth-order valence-electron chi connectivity index (χ4n) is 2.11. The van der Waals surface area contributed by atoms with Gasteiger partial charge in [0.1, 0.15) is 10.6 Å². The summed E-state index contributed by atoms with van der Waals surface area (Å²) < 4.78 is 31.4. The van der Waals surface area contributed by atoms with E-state index >= 15 is 0 Å². The fourth-order valence-corrected chi connectivity index (χ4v) is 3.16. The topological polar surface area (TPSA) is 102 Å². The van der Waals surface area contributed by atoms with E-state index in [0.717, 1.165) is 4.31 Å². The number of halogens is 1. The number of carbonyl (C=O) groups is 1. The molecule has 0 spiro atoms. The highest BCUT2D eigenvalue weighted by Gasteiger charge is 2.24. The summed E-state index contributed by atoms with van der Waals surface area (Å²) in [4.78, 5) is 12.1. The minimum absolute atomic E-state index is 0. The van der Waals surface area contributed by atoms with Crippen LogP contribution in [0.25, 0.3) is 0 Å². The largest absolute Gasteiger partial charge is 0.492 e. The van der Waals surface area contributed by atoms with Gasteiger partial charge in [-0.25, -0.2) is 12.7 Å². The van der Waals surface area contributed by atoms with Crippen LogP contribution in [0.4, 0.5) is 5.69 Å². The summed E-state index contributed by atoms with van der Waals surface area (Å²) in [5, 5.41) is 2.67. The molecule has 0 heterocycles. The Morgan fingerprint density at radius 3 is 2.40 bits per heavy atom. The molecule has 1 amide bonds. The van der Waals surface area contributed by atoms with Crippen molar-refractivity contribution in [1.29, 1.82) is 0 Å². The van der Waals surface area contributed by atoms with Gasteiger partial charge in [-0.3, -0.25) is 4.79 Å². The smallest absolute Gasteiger partial charge is 0.246 e. The van der Waals surface area contributed by atoms with E-state index in [2.05, 4.69) is 5.32 Å². The van der Waals surface area contributed by atoms with Crippen LogP contribution in [-0.2, 0) is 14.8 Å². The zero-order valence-electron chi connectivity index (χ0n) is 15.3. The lowest BCUT2D eigenvalue weighted by atomic mass is 10.0. The third-order valence-electron chi connectivity index (χ3n) is 3.33. The van der Waals surface area contributed by atoms with Crippen molar-refractivity contribution in [2.75, 3.05) is 26.0 Å². The highest BCUT2D eigenvalue weighted by atomic mass is 35.5. The van der Waals surface area contributed by atoms with E-state index in [4.69, 9.17) is 10.5 Å². The number of ether oxygens (including phenoxy) is 1. The van der Waals surface area contributed by atoms with Crippen molar-refractivity contribution >= 4 is 34.0 Å². The highest BCUT2D eigenvalue weighted by molar-refractivity contribution is 7.89. The molecule has 144 valence electrons. The third-order valence-corrected chi connectivity index (χ3v) is 5.17. The Balaban J connectivity index is 0.00000576. The highest BCUT2D eigenvalue weighted by Crippen LogP contribution is 2.29. The van der Waals surface area contributed by atoms with Gasteiger partial charge in [0.05, 0.1) is 12.6 Å². The van der Waals surface area contributed by atoms with Gasteiger partial charge in [-0.15, -0.1) is 12.4 Å². The third kappa shape index (κ3) is 6.47. The number of nitrogens with two attached hydrogens (primary N) is 1. The van der Waals surface area contributed by atoms with E-state index in [-0.39, 0.29) is 34.9 Å². The second-order valence-electron chi connectivity index (χ2n) is 6.11. The molecule has 0 aliphatic heterocycles. The number of anilines is 1. The Morgan fingerprint density at radius 2 is 1.92 bits per heavy atom. The molecular weight excluding hydrogens is 366 g/mol.